The van der Waals surface area contributed by atoms with Gasteiger partial charge in [0.1, 0.15) is 11.5 Å². The van der Waals surface area contributed by atoms with E-state index < -0.39 is 0 Å². The van der Waals surface area contributed by atoms with Gasteiger partial charge in [0.15, 0.2) is 5.69 Å². The number of rotatable bonds is 15. The van der Waals surface area contributed by atoms with Gasteiger partial charge < -0.3 is 19.0 Å². The number of oxazole rings is 1. The lowest BCUT2D eigenvalue weighted by atomic mass is 10.1. The summed E-state index contributed by atoms with van der Waals surface area (Å²) in [5.41, 5.74) is 1.77. The molecule has 0 atom stereocenters. The van der Waals surface area contributed by atoms with Crippen LogP contribution in [0.4, 0.5) is 5.69 Å². The summed E-state index contributed by atoms with van der Waals surface area (Å²) in [6.07, 6.45) is 11.1. The van der Waals surface area contributed by atoms with E-state index >= 15 is 0 Å². The van der Waals surface area contributed by atoms with Crippen LogP contribution in [-0.4, -0.2) is 29.5 Å². The molecule has 0 saturated carbocycles. The minimum Gasteiger partial charge on any atom is -0.494 e. The van der Waals surface area contributed by atoms with Gasteiger partial charge in [-0.15, -0.1) is 0 Å². The van der Waals surface area contributed by atoms with Gasteiger partial charge in [0.25, 0.3) is 0 Å². The first-order valence-electron chi connectivity index (χ1n) is 12.4. The number of benzene rings is 2. The van der Waals surface area contributed by atoms with Crippen molar-refractivity contribution in [3.05, 3.63) is 54.2 Å². The second kappa shape index (κ2) is 14.1. The number of nitrogens with zero attached hydrogens (tertiary/aromatic N) is 2. The second-order valence-corrected chi connectivity index (χ2v) is 8.30. The Balaban J connectivity index is 1.50. The Morgan fingerprint density at radius 1 is 0.794 bits per heavy atom. The molecule has 0 unspecified atom stereocenters. The maximum absolute atomic E-state index is 10.1. The van der Waals surface area contributed by atoms with E-state index in [-0.39, 0.29) is 11.6 Å². The van der Waals surface area contributed by atoms with Gasteiger partial charge in [0.05, 0.1) is 25.1 Å². The van der Waals surface area contributed by atoms with Crippen LogP contribution in [0.3, 0.4) is 0 Å². The molecule has 0 fully saturated rings. The summed E-state index contributed by atoms with van der Waals surface area (Å²) in [6, 6.07) is 15.0. The Morgan fingerprint density at radius 2 is 1.38 bits per heavy atom. The number of aromatic hydroxyl groups is 1. The molecule has 6 heteroatoms. The molecule has 1 heterocycles. The van der Waals surface area contributed by atoms with Crippen LogP contribution in [0.5, 0.6) is 17.4 Å². The first kappa shape index (κ1) is 25.3. The molecule has 2 aromatic carbocycles. The maximum atomic E-state index is 10.1. The number of hydrogen-bond donors (Lipinski definition) is 1. The molecule has 6 nitrogen and oxygen atoms in total. The Bertz CT molecular complexity index is 994. The number of aromatic nitrogens is 1. The molecule has 3 aromatic rings. The number of ether oxygens (including phenoxy) is 2. The number of unbranched alkanes of at least 4 members (excludes halogenated alkanes) is 6. The highest BCUT2D eigenvalue weighted by molar-refractivity contribution is 5.83. The Hall–Kier alpha value is -3.28. The van der Waals surface area contributed by atoms with Gasteiger partial charge in [-0.05, 0) is 61.4 Å². The van der Waals surface area contributed by atoms with Gasteiger partial charge in [-0.2, -0.15) is 0 Å². The molecule has 0 amide bonds. The summed E-state index contributed by atoms with van der Waals surface area (Å²) in [7, 11) is 0. The highest BCUT2D eigenvalue weighted by Crippen LogP contribution is 2.27. The van der Waals surface area contributed by atoms with Crippen LogP contribution >= 0.6 is 0 Å². The van der Waals surface area contributed by atoms with E-state index in [1.807, 2.05) is 48.5 Å². The van der Waals surface area contributed by atoms with Gasteiger partial charge in [0.2, 0.25) is 5.89 Å². The van der Waals surface area contributed by atoms with E-state index in [2.05, 4.69) is 23.8 Å². The minimum atomic E-state index is -0.263. The minimum absolute atomic E-state index is 0.263. The van der Waals surface area contributed by atoms with Gasteiger partial charge in [-0.1, -0.05) is 52.4 Å². The standard InChI is InChI=1S/C28H36N2O4/c1-3-5-7-8-9-10-20-33-25-17-13-23(14-18-25)29-21-26-28(31)34-27(30-26)22-11-15-24(16-12-22)32-19-6-4-2/h11-18,21,31H,3-10,19-20H2,1-2H3. The zero-order valence-electron chi connectivity index (χ0n) is 20.3. The number of aliphatic imine (C=N–C) groups is 1. The molecule has 0 aliphatic carbocycles. The summed E-state index contributed by atoms with van der Waals surface area (Å²) >= 11 is 0. The topological polar surface area (TPSA) is 77.1 Å². The molecular formula is C28H36N2O4. The highest BCUT2D eigenvalue weighted by atomic mass is 16.5. The molecule has 0 radical (unpaired) electrons. The van der Waals surface area contributed by atoms with Crippen molar-refractivity contribution in [3.8, 4) is 28.9 Å². The summed E-state index contributed by atoms with van der Waals surface area (Å²) in [5, 5.41) is 10.1. The molecule has 0 aliphatic rings. The van der Waals surface area contributed by atoms with Crippen LogP contribution in [0.1, 0.15) is 70.9 Å². The third-order valence-corrected chi connectivity index (χ3v) is 5.44. The average molecular weight is 465 g/mol. The molecule has 1 aromatic heterocycles. The average Bonchev–Trinajstić information content (AvgIpc) is 3.24. The third kappa shape index (κ3) is 8.25. The van der Waals surface area contributed by atoms with Crippen molar-refractivity contribution >= 4 is 11.9 Å². The normalized spacial score (nSPS) is 11.2. The molecule has 0 bridgehead atoms. The summed E-state index contributed by atoms with van der Waals surface area (Å²) in [5.74, 6) is 1.70. The zero-order chi connectivity index (χ0) is 24.0. The van der Waals surface area contributed by atoms with E-state index in [0.717, 1.165) is 48.6 Å². The molecular weight excluding hydrogens is 428 g/mol. The van der Waals surface area contributed by atoms with E-state index in [4.69, 9.17) is 13.9 Å². The van der Waals surface area contributed by atoms with Gasteiger partial charge >= 0.3 is 5.95 Å². The van der Waals surface area contributed by atoms with Crippen molar-refractivity contribution in [2.45, 2.75) is 65.2 Å². The van der Waals surface area contributed by atoms with Crippen molar-refractivity contribution < 1.29 is 19.0 Å². The fourth-order valence-electron chi connectivity index (χ4n) is 3.40. The predicted octanol–water partition coefficient (Wildman–Crippen LogP) is 7.72. The predicted molar refractivity (Wildman–Crippen MR) is 137 cm³/mol. The molecule has 0 saturated heterocycles. The third-order valence-electron chi connectivity index (χ3n) is 5.44. The van der Waals surface area contributed by atoms with Crippen LogP contribution in [-0.2, 0) is 0 Å². The molecule has 0 spiro atoms. The Labute approximate surface area is 202 Å². The van der Waals surface area contributed by atoms with Gasteiger partial charge in [-0.25, -0.2) is 4.98 Å². The molecule has 34 heavy (non-hydrogen) atoms. The lowest BCUT2D eigenvalue weighted by molar-refractivity contribution is 0.304. The fraction of sp³-hybridized carbons (Fsp3) is 0.429. The smallest absolute Gasteiger partial charge is 0.312 e. The molecule has 0 aliphatic heterocycles. The molecule has 182 valence electrons. The largest absolute Gasteiger partial charge is 0.494 e. The fourth-order valence-corrected chi connectivity index (χ4v) is 3.40. The quantitative estimate of drug-likeness (QED) is 0.184. The molecule has 1 N–H and O–H groups in total. The zero-order valence-corrected chi connectivity index (χ0v) is 20.3. The van der Waals surface area contributed by atoms with Crippen molar-refractivity contribution in [2.75, 3.05) is 13.2 Å². The highest BCUT2D eigenvalue weighted by Gasteiger charge is 2.12. The lowest BCUT2D eigenvalue weighted by Crippen LogP contribution is -1.96. The monoisotopic (exact) mass is 464 g/mol. The van der Waals surface area contributed by atoms with Crippen LogP contribution in [0, 0.1) is 0 Å². The van der Waals surface area contributed by atoms with Crippen molar-refractivity contribution in [3.63, 3.8) is 0 Å². The van der Waals surface area contributed by atoms with Gasteiger partial charge in [-0.3, -0.25) is 4.99 Å². The van der Waals surface area contributed by atoms with Crippen molar-refractivity contribution in [1.29, 1.82) is 0 Å². The van der Waals surface area contributed by atoms with E-state index in [1.165, 1.54) is 38.3 Å². The second-order valence-electron chi connectivity index (χ2n) is 8.30. The maximum Gasteiger partial charge on any atom is 0.312 e. The van der Waals surface area contributed by atoms with E-state index in [0.29, 0.717) is 12.5 Å². The first-order valence-corrected chi connectivity index (χ1v) is 12.4. The first-order chi connectivity index (χ1) is 16.7. The summed E-state index contributed by atoms with van der Waals surface area (Å²) in [6.45, 7) is 5.79. The van der Waals surface area contributed by atoms with Crippen molar-refractivity contribution in [2.24, 2.45) is 4.99 Å². The van der Waals surface area contributed by atoms with Gasteiger partial charge in [0, 0.05) is 5.56 Å². The van der Waals surface area contributed by atoms with E-state index in [1.54, 1.807) is 0 Å². The number of hydrogen-bond acceptors (Lipinski definition) is 6. The van der Waals surface area contributed by atoms with E-state index in [9.17, 15) is 5.11 Å². The van der Waals surface area contributed by atoms with Crippen LogP contribution in [0.2, 0.25) is 0 Å². The SMILES string of the molecule is CCCCCCCCOc1ccc(N=Cc2nc(-c3ccc(OCCCC)cc3)oc2O)cc1. The van der Waals surface area contributed by atoms with Crippen LogP contribution < -0.4 is 9.47 Å². The van der Waals surface area contributed by atoms with Crippen LogP contribution in [0.15, 0.2) is 57.9 Å². The van der Waals surface area contributed by atoms with Crippen LogP contribution in [0.25, 0.3) is 11.5 Å². The van der Waals surface area contributed by atoms with Crippen molar-refractivity contribution in [1.82, 2.24) is 4.98 Å². The summed E-state index contributed by atoms with van der Waals surface area (Å²) in [4.78, 5) is 8.76. The Morgan fingerprint density at radius 3 is 2.06 bits per heavy atom. The molecule has 3 rings (SSSR count). The lowest BCUT2D eigenvalue weighted by Gasteiger charge is -2.06. The summed E-state index contributed by atoms with van der Waals surface area (Å²) < 4.78 is 16.9. The Kier molecular flexibility index (Phi) is 10.5.